The summed E-state index contributed by atoms with van der Waals surface area (Å²) in [5.74, 6) is 1.37. The highest BCUT2D eigenvalue weighted by Gasteiger charge is 2.07. The van der Waals surface area contributed by atoms with Crippen molar-refractivity contribution in [2.75, 3.05) is 5.32 Å². The number of benzene rings is 2. The van der Waals surface area contributed by atoms with Gasteiger partial charge in [-0.2, -0.15) is 0 Å². The molecule has 0 saturated carbocycles. The molecule has 0 bridgehead atoms. The van der Waals surface area contributed by atoms with Crippen LogP contribution in [0.25, 0.3) is 5.82 Å². The van der Waals surface area contributed by atoms with Gasteiger partial charge in [0.2, 0.25) is 5.88 Å². The first-order valence-electron chi connectivity index (χ1n) is 8.34. The van der Waals surface area contributed by atoms with E-state index in [1.807, 2.05) is 0 Å². The van der Waals surface area contributed by atoms with Crippen molar-refractivity contribution < 1.29 is 9.53 Å². The van der Waals surface area contributed by atoms with Gasteiger partial charge in [-0.1, -0.05) is 11.6 Å². The van der Waals surface area contributed by atoms with Crippen LogP contribution in [0.5, 0.6) is 11.6 Å². The van der Waals surface area contributed by atoms with Gasteiger partial charge in [-0.05, 0) is 54.6 Å². The van der Waals surface area contributed by atoms with Crippen molar-refractivity contribution in [3.8, 4) is 17.4 Å². The van der Waals surface area contributed by atoms with Gasteiger partial charge in [0.15, 0.2) is 5.82 Å². The number of nitrogens with one attached hydrogen (secondary N) is 1. The fourth-order valence-corrected chi connectivity index (χ4v) is 2.56. The first kappa shape index (κ1) is 17.7. The zero-order valence-corrected chi connectivity index (χ0v) is 15.2. The minimum absolute atomic E-state index is 0.216. The predicted molar refractivity (Wildman–Crippen MR) is 105 cm³/mol. The smallest absolute Gasteiger partial charge is 0.255 e. The van der Waals surface area contributed by atoms with Crippen LogP contribution < -0.4 is 10.1 Å². The molecule has 0 aliphatic heterocycles. The molecule has 2 aromatic heterocycles. The molecule has 2 heterocycles. The number of imidazole rings is 1. The van der Waals surface area contributed by atoms with E-state index in [0.717, 1.165) is 0 Å². The third-order valence-corrected chi connectivity index (χ3v) is 4.09. The molecule has 0 spiro atoms. The van der Waals surface area contributed by atoms with E-state index < -0.39 is 0 Å². The standard InChI is InChI=1S/C20H14ClN5O2/c21-15-3-1-14(2-4-15)20(27)23-16-5-7-17(8-6-16)28-19-10-9-18(24-25-19)26-12-11-22-13-26/h1-13H,(H,23,27). The average molecular weight is 392 g/mol. The minimum atomic E-state index is -0.216. The SMILES string of the molecule is O=C(Nc1ccc(Oc2ccc(-n3ccnc3)nn2)cc1)c1ccc(Cl)cc1. The molecule has 0 fully saturated rings. The second-order valence-electron chi connectivity index (χ2n) is 5.79. The maximum atomic E-state index is 12.2. The van der Waals surface area contributed by atoms with E-state index in [1.165, 1.54) is 0 Å². The number of rotatable bonds is 5. The van der Waals surface area contributed by atoms with E-state index in [4.69, 9.17) is 16.3 Å². The number of ether oxygens (including phenoxy) is 1. The van der Waals surface area contributed by atoms with Gasteiger partial charge in [-0.15, -0.1) is 10.2 Å². The molecule has 0 aliphatic rings. The van der Waals surface area contributed by atoms with Gasteiger partial charge in [0.05, 0.1) is 0 Å². The molecule has 0 radical (unpaired) electrons. The fraction of sp³-hybridized carbons (Fsp3) is 0. The number of amides is 1. The Balaban J connectivity index is 1.39. The molecule has 138 valence electrons. The minimum Gasteiger partial charge on any atom is -0.438 e. The molecule has 1 N–H and O–H groups in total. The maximum Gasteiger partial charge on any atom is 0.255 e. The van der Waals surface area contributed by atoms with Gasteiger partial charge in [0, 0.05) is 34.7 Å². The van der Waals surface area contributed by atoms with Crippen LogP contribution in [-0.2, 0) is 0 Å². The average Bonchev–Trinajstić information content (AvgIpc) is 3.25. The highest BCUT2D eigenvalue weighted by Crippen LogP contribution is 2.22. The van der Waals surface area contributed by atoms with E-state index in [1.54, 1.807) is 84.0 Å². The van der Waals surface area contributed by atoms with Gasteiger partial charge in [-0.25, -0.2) is 4.98 Å². The number of hydrogen-bond donors (Lipinski definition) is 1. The monoisotopic (exact) mass is 391 g/mol. The van der Waals surface area contributed by atoms with Crippen molar-refractivity contribution in [2.45, 2.75) is 0 Å². The van der Waals surface area contributed by atoms with Gasteiger partial charge in [-0.3, -0.25) is 9.36 Å². The van der Waals surface area contributed by atoms with E-state index in [-0.39, 0.29) is 5.91 Å². The lowest BCUT2D eigenvalue weighted by atomic mass is 10.2. The highest BCUT2D eigenvalue weighted by atomic mass is 35.5. The highest BCUT2D eigenvalue weighted by molar-refractivity contribution is 6.30. The summed E-state index contributed by atoms with van der Waals surface area (Å²) in [6.07, 6.45) is 5.09. The number of carbonyl (C=O) groups is 1. The third kappa shape index (κ3) is 4.16. The summed E-state index contributed by atoms with van der Waals surface area (Å²) in [6.45, 7) is 0. The molecular weight excluding hydrogens is 378 g/mol. The molecule has 4 rings (SSSR count). The second-order valence-corrected chi connectivity index (χ2v) is 6.22. The molecular formula is C20H14ClN5O2. The number of aromatic nitrogens is 4. The van der Waals surface area contributed by atoms with Crippen molar-refractivity contribution in [3.05, 3.63) is 90.0 Å². The molecule has 7 nitrogen and oxygen atoms in total. The van der Waals surface area contributed by atoms with Crippen molar-refractivity contribution >= 4 is 23.2 Å². The van der Waals surface area contributed by atoms with E-state index in [2.05, 4.69) is 20.5 Å². The van der Waals surface area contributed by atoms with Crippen LogP contribution >= 0.6 is 11.6 Å². The number of halogens is 1. The third-order valence-electron chi connectivity index (χ3n) is 3.84. The predicted octanol–water partition coefficient (Wildman–Crippen LogP) is 4.36. The summed E-state index contributed by atoms with van der Waals surface area (Å²) in [5.41, 5.74) is 1.17. The second kappa shape index (κ2) is 7.89. The lowest BCUT2D eigenvalue weighted by molar-refractivity contribution is 0.102. The number of anilines is 1. The molecule has 0 atom stereocenters. The Labute approximate surface area is 165 Å². The largest absolute Gasteiger partial charge is 0.438 e. The fourth-order valence-electron chi connectivity index (χ4n) is 2.43. The topological polar surface area (TPSA) is 81.9 Å². The van der Waals surface area contributed by atoms with Crippen LogP contribution in [-0.4, -0.2) is 25.7 Å². The van der Waals surface area contributed by atoms with Gasteiger partial charge < -0.3 is 10.1 Å². The Bertz CT molecular complexity index is 1060. The summed E-state index contributed by atoms with van der Waals surface area (Å²) >= 11 is 5.84. The van der Waals surface area contributed by atoms with Crippen LogP contribution in [0, 0.1) is 0 Å². The van der Waals surface area contributed by atoms with Gasteiger partial charge in [0.1, 0.15) is 12.1 Å². The van der Waals surface area contributed by atoms with Gasteiger partial charge >= 0.3 is 0 Å². The van der Waals surface area contributed by atoms with Crippen molar-refractivity contribution in [2.24, 2.45) is 0 Å². The molecule has 8 heteroatoms. The zero-order chi connectivity index (χ0) is 19.3. The molecule has 4 aromatic rings. The molecule has 2 aromatic carbocycles. The van der Waals surface area contributed by atoms with Gasteiger partial charge in [0.25, 0.3) is 5.91 Å². The Morgan fingerprint density at radius 2 is 1.75 bits per heavy atom. The number of hydrogen-bond acceptors (Lipinski definition) is 5. The lowest BCUT2D eigenvalue weighted by Gasteiger charge is -2.08. The zero-order valence-electron chi connectivity index (χ0n) is 14.5. The number of carbonyl (C=O) groups excluding carboxylic acids is 1. The lowest BCUT2D eigenvalue weighted by Crippen LogP contribution is -2.11. The van der Waals surface area contributed by atoms with E-state index >= 15 is 0 Å². The molecule has 0 saturated heterocycles. The van der Waals surface area contributed by atoms with E-state index in [0.29, 0.717) is 33.7 Å². The summed E-state index contributed by atoms with van der Waals surface area (Å²) in [4.78, 5) is 16.2. The molecule has 1 amide bonds. The van der Waals surface area contributed by atoms with Crippen molar-refractivity contribution in [1.82, 2.24) is 19.7 Å². The van der Waals surface area contributed by atoms with Crippen LogP contribution in [0.15, 0.2) is 79.4 Å². The van der Waals surface area contributed by atoms with Crippen molar-refractivity contribution in [3.63, 3.8) is 0 Å². The van der Waals surface area contributed by atoms with Crippen LogP contribution in [0.3, 0.4) is 0 Å². The molecule has 28 heavy (non-hydrogen) atoms. The van der Waals surface area contributed by atoms with Crippen LogP contribution in [0.1, 0.15) is 10.4 Å². The first-order chi connectivity index (χ1) is 13.7. The van der Waals surface area contributed by atoms with E-state index in [9.17, 15) is 4.79 Å². The summed E-state index contributed by atoms with van der Waals surface area (Å²) in [6, 6.07) is 17.2. The Morgan fingerprint density at radius 1 is 0.964 bits per heavy atom. The Morgan fingerprint density at radius 3 is 2.39 bits per heavy atom. The summed E-state index contributed by atoms with van der Waals surface area (Å²) in [7, 11) is 0. The normalized spacial score (nSPS) is 10.5. The molecule has 0 unspecified atom stereocenters. The Hall–Kier alpha value is -3.71. The first-order valence-corrected chi connectivity index (χ1v) is 8.72. The van der Waals surface area contributed by atoms with Crippen LogP contribution in [0.4, 0.5) is 5.69 Å². The quantitative estimate of drug-likeness (QED) is 0.546. The summed E-state index contributed by atoms with van der Waals surface area (Å²) < 4.78 is 7.43. The Kier molecular flexibility index (Phi) is 4.99. The molecule has 0 aliphatic carbocycles. The summed E-state index contributed by atoms with van der Waals surface area (Å²) in [5, 5.41) is 11.5. The van der Waals surface area contributed by atoms with Crippen molar-refractivity contribution in [1.29, 1.82) is 0 Å². The number of nitrogens with zero attached hydrogens (tertiary/aromatic N) is 4. The maximum absolute atomic E-state index is 12.2. The van der Waals surface area contributed by atoms with Crippen LogP contribution in [0.2, 0.25) is 5.02 Å².